The molecule has 0 saturated carbocycles. The van der Waals surface area contributed by atoms with Gasteiger partial charge in [-0.2, -0.15) is 0 Å². The highest BCUT2D eigenvalue weighted by molar-refractivity contribution is 6.29. The van der Waals surface area contributed by atoms with Gasteiger partial charge in [0.15, 0.2) is 22.7 Å². The zero-order chi connectivity index (χ0) is 35.7. The maximum absolute atomic E-state index is 5.92. The van der Waals surface area contributed by atoms with Gasteiger partial charge in [0.2, 0.25) is 0 Å². The maximum atomic E-state index is 5.92. The maximum Gasteiger partial charge on any atom is 0.165 e. The summed E-state index contributed by atoms with van der Waals surface area (Å²) in [5.41, 5.74) is 7.72. The van der Waals surface area contributed by atoms with E-state index in [4.69, 9.17) is 20.0 Å². The minimum Gasteiger partial charge on any atom is -0.245 e. The minimum absolute atomic E-state index is 0.356. The summed E-state index contributed by atoms with van der Waals surface area (Å²) < 4.78 is 0. The fourth-order valence-corrected chi connectivity index (χ4v) is 7.60. The third-order valence-electron chi connectivity index (χ3n) is 10.3. The number of hydrogen-bond acceptors (Lipinski definition) is 4. The van der Waals surface area contributed by atoms with Gasteiger partial charge in [0.05, 0.1) is 11.4 Å². The van der Waals surface area contributed by atoms with Gasteiger partial charge in [0, 0.05) is 11.1 Å². The molecule has 6 aromatic rings. The smallest absolute Gasteiger partial charge is 0.165 e. The van der Waals surface area contributed by atoms with Gasteiger partial charge >= 0.3 is 0 Å². The number of benzene rings is 6. The second-order valence-corrected chi connectivity index (χ2v) is 14.2. The topological polar surface area (TPSA) is 49.4 Å². The Kier molecular flexibility index (Phi) is 8.68. The monoisotopic (exact) mass is 674 g/mol. The summed E-state index contributed by atoms with van der Waals surface area (Å²) in [4.78, 5) is 23.0. The van der Waals surface area contributed by atoms with E-state index in [0.29, 0.717) is 23.5 Å². The van der Waals surface area contributed by atoms with E-state index in [9.17, 15) is 0 Å². The summed E-state index contributed by atoms with van der Waals surface area (Å²) in [7, 11) is 0. The molecular formula is C48H42N4. The highest BCUT2D eigenvalue weighted by atomic mass is 15.2. The first-order chi connectivity index (χ1) is 25.4. The lowest BCUT2D eigenvalue weighted by Gasteiger charge is -2.44. The van der Waals surface area contributed by atoms with E-state index in [2.05, 4.69) is 198 Å². The molecule has 0 aromatic heterocycles. The van der Waals surface area contributed by atoms with Gasteiger partial charge in [-0.15, -0.1) is 0 Å². The predicted octanol–water partition coefficient (Wildman–Crippen LogP) is 10.9. The van der Waals surface area contributed by atoms with Crippen molar-refractivity contribution >= 4 is 23.1 Å². The molecule has 0 amide bonds. The molecule has 2 unspecified atom stereocenters. The summed E-state index contributed by atoms with van der Waals surface area (Å²) in [5, 5.41) is 0. The van der Waals surface area contributed by atoms with Crippen molar-refractivity contribution in [3.05, 3.63) is 214 Å². The van der Waals surface area contributed by atoms with E-state index in [1.54, 1.807) is 0 Å². The van der Waals surface area contributed by atoms with Gasteiger partial charge in [0.25, 0.3) is 0 Å². The lowest BCUT2D eigenvalue weighted by molar-refractivity contribution is 0.420. The molecule has 4 nitrogen and oxygen atoms in total. The highest BCUT2D eigenvalue weighted by Crippen LogP contribution is 2.55. The average Bonchev–Trinajstić information content (AvgIpc) is 3.82. The van der Waals surface area contributed by atoms with Crippen molar-refractivity contribution in [2.75, 3.05) is 0 Å². The molecule has 2 atom stereocenters. The van der Waals surface area contributed by atoms with Crippen LogP contribution in [0.5, 0.6) is 0 Å². The molecule has 0 aliphatic carbocycles. The summed E-state index contributed by atoms with van der Waals surface area (Å²) in [6.45, 7) is 8.88. The van der Waals surface area contributed by atoms with Crippen molar-refractivity contribution in [1.82, 2.24) is 0 Å². The van der Waals surface area contributed by atoms with Crippen LogP contribution in [0.1, 0.15) is 84.0 Å². The SMILES string of the molecule is CC(C)c1cccc(C2=NC(c3ccccc3)(C3(c4ccccc4)N=C(c4cccc(C(C)C)c4)N=C3c3ccccc3)C(c3ccccc3)=N2)c1. The van der Waals surface area contributed by atoms with Crippen molar-refractivity contribution < 1.29 is 0 Å². The van der Waals surface area contributed by atoms with Crippen LogP contribution in [0.15, 0.2) is 190 Å². The van der Waals surface area contributed by atoms with Crippen LogP contribution in [-0.4, -0.2) is 23.1 Å². The van der Waals surface area contributed by atoms with Crippen molar-refractivity contribution in [3.8, 4) is 0 Å². The van der Waals surface area contributed by atoms with E-state index in [0.717, 1.165) is 44.8 Å². The summed E-state index contributed by atoms with van der Waals surface area (Å²) in [6, 6.07) is 59.5. The zero-order valence-electron chi connectivity index (χ0n) is 30.1. The van der Waals surface area contributed by atoms with Crippen LogP contribution in [-0.2, 0) is 11.1 Å². The molecule has 0 fully saturated rings. The van der Waals surface area contributed by atoms with Crippen LogP contribution in [0.3, 0.4) is 0 Å². The molecule has 0 spiro atoms. The van der Waals surface area contributed by atoms with Gasteiger partial charge in [-0.25, -0.2) is 20.0 Å². The van der Waals surface area contributed by atoms with Crippen LogP contribution in [0, 0.1) is 0 Å². The van der Waals surface area contributed by atoms with Gasteiger partial charge in [-0.05, 0) is 57.3 Å². The molecule has 2 aliphatic heterocycles. The third-order valence-corrected chi connectivity index (χ3v) is 10.3. The molecule has 4 heteroatoms. The molecule has 6 aromatic carbocycles. The fraction of sp³-hybridized carbons (Fsp3) is 0.167. The van der Waals surface area contributed by atoms with Crippen LogP contribution in [0.25, 0.3) is 0 Å². The molecule has 2 aliphatic rings. The molecule has 0 saturated heterocycles. The number of hydrogen-bond donors (Lipinski definition) is 0. The Morgan fingerprint density at radius 2 is 0.692 bits per heavy atom. The normalized spacial score (nSPS) is 19.7. The van der Waals surface area contributed by atoms with Crippen molar-refractivity contribution in [2.45, 2.75) is 50.6 Å². The van der Waals surface area contributed by atoms with Gasteiger partial charge in [0.1, 0.15) is 0 Å². The first kappa shape index (κ1) is 33.2. The van der Waals surface area contributed by atoms with E-state index < -0.39 is 11.1 Å². The quantitative estimate of drug-likeness (QED) is 0.147. The summed E-state index contributed by atoms with van der Waals surface area (Å²) >= 11 is 0. The van der Waals surface area contributed by atoms with Crippen molar-refractivity contribution in [3.63, 3.8) is 0 Å². The molecule has 0 N–H and O–H groups in total. The molecule has 0 radical (unpaired) electrons. The molecular weight excluding hydrogens is 633 g/mol. The van der Waals surface area contributed by atoms with E-state index >= 15 is 0 Å². The Hall–Kier alpha value is -6.00. The Labute approximate surface area is 307 Å². The number of amidine groups is 2. The van der Waals surface area contributed by atoms with E-state index in [-0.39, 0.29) is 0 Å². The Balaban J connectivity index is 1.54. The number of nitrogens with zero attached hydrogens (tertiary/aromatic N) is 4. The van der Waals surface area contributed by atoms with E-state index in [1.807, 2.05) is 0 Å². The highest BCUT2D eigenvalue weighted by Gasteiger charge is 2.64. The lowest BCUT2D eigenvalue weighted by Crippen LogP contribution is -2.55. The predicted molar refractivity (Wildman–Crippen MR) is 216 cm³/mol. The van der Waals surface area contributed by atoms with Crippen LogP contribution < -0.4 is 0 Å². The minimum atomic E-state index is -1.16. The fourth-order valence-electron chi connectivity index (χ4n) is 7.60. The molecule has 2 heterocycles. The number of rotatable bonds is 9. The van der Waals surface area contributed by atoms with Crippen LogP contribution in [0.2, 0.25) is 0 Å². The Bertz CT molecular complexity index is 2170. The molecule has 8 rings (SSSR count). The third kappa shape index (κ3) is 5.56. The van der Waals surface area contributed by atoms with Crippen molar-refractivity contribution in [1.29, 1.82) is 0 Å². The van der Waals surface area contributed by atoms with Crippen LogP contribution in [0.4, 0.5) is 0 Å². The Morgan fingerprint density at radius 3 is 1.04 bits per heavy atom. The second kappa shape index (κ2) is 13.6. The molecule has 254 valence electrons. The summed E-state index contributed by atoms with van der Waals surface area (Å²) in [6.07, 6.45) is 0. The first-order valence-electron chi connectivity index (χ1n) is 18.2. The van der Waals surface area contributed by atoms with Gasteiger partial charge < -0.3 is 0 Å². The standard InChI is InChI=1S/C48H42N4/c1-33(2)37-23-17-25-39(31-37)45-49-43(35-19-9-5-10-20-35)47(51-45,41-27-13-7-14-28-41)48(42-29-15-8-16-30-42)44(36-21-11-6-12-22-36)50-46(52-48)40-26-18-24-38(32-40)34(3)4/h5-34H,1-4H3. The van der Waals surface area contributed by atoms with Gasteiger partial charge in [-0.3, -0.25) is 0 Å². The number of aliphatic imine (C=N–C) groups is 4. The molecule has 52 heavy (non-hydrogen) atoms. The zero-order valence-corrected chi connectivity index (χ0v) is 30.1. The van der Waals surface area contributed by atoms with Crippen molar-refractivity contribution in [2.24, 2.45) is 20.0 Å². The van der Waals surface area contributed by atoms with Gasteiger partial charge in [-0.1, -0.05) is 185 Å². The van der Waals surface area contributed by atoms with E-state index in [1.165, 1.54) is 11.1 Å². The summed E-state index contributed by atoms with van der Waals surface area (Å²) in [5.74, 6) is 2.07. The largest absolute Gasteiger partial charge is 0.245 e. The molecule has 0 bridgehead atoms. The second-order valence-electron chi connectivity index (χ2n) is 14.2. The lowest BCUT2D eigenvalue weighted by atomic mass is 9.62. The Morgan fingerprint density at radius 1 is 0.365 bits per heavy atom. The first-order valence-corrected chi connectivity index (χ1v) is 18.2. The van der Waals surface area contributed by atoms with Crippen LogP contribution >= 0.6 is 0 Å². The average molecular weight is 675 g/mol.